The van der Waals surface area contributed by atoms with Crippen LogP contribution >= 0.6 is 0 Å². The van der Waals surface area contributed by atoms with Gasteiger partial charge in [-0.05, 0) is 31.2 Å². The van der Waals surface area contributed by atoms with Gasteiger partial charge < -0.3 is 15.1 Å². The van der Waals surface area contributed by atoms with Gasteiger partial charge in [0.25, 0.3) is 5.91 Å². The molecule has 2 N–H and O–H groups in total. The summed E-state index contributed by atoms with van der Waals surface area (Å²) in [5.74, 6) is 0.0320. The average molecular weight is 399 g/mol. The van der Waals surface area contributed by atoms with E-state index in [1.54, 1.807) is 24.5 Å². The second kappa shape index (κ2) is 8.61. The maximum absolute atomic E-state index is 12.9. The number of benzene rings is 2. The summed E-state index contributed by atoms with van der Waals surface area (Å²) < 4.78 is 5.18. The zero-order chi connectivity index (χ0) is 20.9. The zero-order valence-electron chi connectivity index (χ0n) is 16.5. The number of aryl methyl sites for hydroxylation is 1. The number of amides is 2. The van der Waals surface area contributed by atoms with E-state index in [2.05, 4.69) is 10.6 Å². The monoisotopic (exact) mass is 399 g/mol. The van der Waals surface area contributed by atoms with Crippen molar-refractivity contribution in [3.8, 4) is 11.3 Å². The fourth-order valence-corrected chi connectivity index (χ4v) is 3.15. The van der Waals surface area contributed by atoms with Gasteiger partial charge >= 0.3 is 0 Å². The van der Waals surface area contributed by atoms with E-state index in [0.717, 1.165) is 22.0 Å². The molecular weight excluding hydrogens is 378 g/mol. The number of hydrogen-bond donors (Lipinski definition) is 2. The van der Waals surface area contributed by atoms with Crippen molar-refractivity contribution in [3.05, 3.63) is 89.9 Å². The van der Waals surface area contributed by atoms with Gasteiger partial charge in [-0.2, -0.15) is 0 Å². The molecule has 0 saturated carbocycles. The molecule has 0 atom stereocenters. The van der Waals surface area contributed by atoms with Crippen LogP contribution in [0.3, 0.4) is 0 Å². The second-order valence-electron chi connectivity index (χ2n) is 6.98. The van der Waals surface area contributed by atoms with Crippen LogP contribution in [0, 0.1) is 6.92 Å². The third kappa shape index (κ3) is 4.38. The van der Waals surface area contributed by atoms with Crippen molar-refractivity contribution < 1.29 is 14.0 Å². The number of carbonyl (C=O) groups excluding carboxylic acids is 2. The number of nitrogens with zero attached hydrogens (tertiary/aromatic N) is 1. The predicted octanol–water partition coefficient (Wildman–Crippen LogP) is 3.85. The molecule has 2 amide bonds. The number of para-hydroxylation sites is 1. The number of rotatable bonds is 6. The molecule has 0 bridgehead atoms. The van der Waals surface area contributed by atoms with Gasteiger partial charge in [0.15, 0.2) is 0 Å². The molecule has 4 rings (SSSR count). The van der Waals surface area contributed by atoms with Gasteiger partial charge in [-0.1, -0.05) is 48.0 Å². The Hall–Kier alpha value is -3.93. The smallest absolute Gasteiger partial charge is 0.252 e. The van der Waals surface area contributed by atoms with Crippen molar-refractivity contribution in [2.45, 2.75) is 13.5 Å². The van der Waals surface area contributed by atoms with Crippen molar-refractivity contribution in [1.82, 2.24) is 15.6 Å². The van der Waals surface area contributed by atoms with Gasteiger partial charge in [-0.15, -0.1) is 0 Å². The molecule has 2 aromatic carbocycles. The summed E-state index contributed by atoms with van der Waals surface area (Å²) in [6.45, 7) is 2.17. The van der Waals surface area contributed by atoms with Crippen LogP contribution < -0.4 is 10.6 Å². The summed E-state index contributed by atoms with van der Waals surface area (Å²) in [6.07, 6.45) is 1.55. The standard InChI is InChI=1S/C24H21N3O3/c1-16-8-10-17(11-9-16)22-13-20(19-6-2-3-7-21(19)27-22)24(29)26-15-23(28)25-14-18-5-4-12-30-18/h2-13H,14-15H2,1H3,(H,25,28)(H,26,29). The van der Waals surface area contributed by atoms with Crippen LogP contribution in [0.5, 0.6) is 0 Å². The summed E-state index contributed by atoms with van der Waals surface area (Å²) in [7, 11) is 0. The number of nitrogens with one attached hydrogen (secondary N) is 2. The van der Waals surface area contributed by atoms with E-state index in [9.17, 15) is 9.59 Å². The maximum atomic E-state index is 12.9. The van der Waals surface area contributed by atoms with Crippen LogP contribution in [0.2, 0.25) is 0 Å². The van der Waals surface area contributed by atoms with Gasteiger partial charge in [0.05, 0.1) is 36.1 Å². The van der Waals surface area contributed by atoms with E-state index in [1.807, 2.05) is 55.5 Å². The van der Waals surface area contributed by atoms with Crippen molar-refractivity contribution in [2.24, 2.45) is 0 Å². The third-order valence-electron chi connectivity index (χ3n) is 4.76. The summed E-state index contributed by atoms with van der Waals surface area (Å²) >= 11 is 0. The summed E-state index contributed by atoms with van der Waals surface area (Å²) in [5, 5.41) is 6.15. The first kappa shape index (κ1) is 19.4. The lowest BCUT2D eigenvalue weighted by Crippen LogP contribution is -2.36. The number of hydrogen-bond acceptors (Lipinski definition) is 4. The lowest BCUT2D eigenvalue weighted by molar-refractivity contribution is -0.120. The zero-order valence-corrected chi connectivity index (χ0v) is 16.5. The van der Waals surface area contributed by atoms with Crippen LogP contribution in [0.4, 0.5) is 0 Å². The molecule has 0 radical (unpaired) electrons. The highest BCUT2D eigenvalue weighted by Crippen LogP contribution is 2.25. The fraction of sp³-hybridized carbons (Fsp3) is 0.125. The van der Waals surface area contributed by atoms with Crippen molar-refractivity contribution >= 4 is 22.7 Å². The molecule has 0 unspecified atom stereocenters. The van der Waals surface area contributed by atoms with Crippen molar-refractivity contribution in [1.29, 1.82) is 0 Å². The molecule has 30 heavy (non-hydrogen) atoms. The third-order valence-corrected chi connectivity index (χ3v) is 4.76. The normalized spacial score (nSPS) is 10.7. The Morgan fingerprint density at radius 3 is 2.53 bits per heavy atom. The molecule has 6 heteroatoms. The van der Waals surface area contributed by atoms with Crippen LogP contribution in [0.25, 0.3) is 22.2 Å². The minimum absolute atomic E-state index is 0.129. The molecule has 2 aromatic heterocycles. The van der Waals surface area contributed by atoms with Gasteiger partial charge in [-0.3, -0.25) is 9.59 Å². The molecule has 2 heterocycles. The molecule has 0 saturated heterocycles. The van der Waals surface area contributed by atoms with Gasteiger partial charge in [0.2, 0.25) is 5.91 Å². The largest absolute Gasteiger partial charge is 0.467 e. The predicted molar refractivity (Wildman–Crippen MR) is 115 cm³/mol. The lowest BCUT2D eigenvalue weighted by atomic mass is 10.0. The van der Waals surface area contributed by atoms with E-state index in [1.165, 1.54) is 0 Å². The average Bonchev–Trinajstić information content (AvgIpc) is 3.29. The Labute approximate surface area is 173 Å². The summed E-state index contributed by atoms with van der Waals surface area (Å²) in [4.78, 5) is 29.7. The molecule has 0 aliphatic heterocycles. The highest BCUT2D eigenvalue weighted by molar-refractivity contribution is 6.08. The first-order chi connectivity index (χ1) is 14.6. The first-order valence-electron chi connectivity index (χ1n) is 9.64. The number of aromatic nitrogens is 1. The lowest BCUT2D eigenvalue weighted by Gasteiger charge is -2.11. The number of fused-ring (bicyclic) bond motifs is 1. The van der Waals surface area contributed by atoms with E-state index in [0.29, 0.717) is 17.0 Å². The fourth-order valence-electron chi connectivity index (χ4n) is 3.15. The summed E-state index contributed by atoms with van der Waals surface area (Å²) in [6, 6.07) is 20.8. The first-order valence-corrected chi connectivity index (χ1v) is 9.64. The Kier molecular flexibility index (Phi) is 5.57. The Morgan fingerprint density at radius 2 is 1.77 bits per heavy atom. The van der Waals surface area contributed by atoms with E-state index < -0.39 is 0 Å². The molecule has 0 spiro atoms. The van der Waals surface area contributed by atoms with Crippen LogP contribution in [-0.2, 0) is 11.3 Å². The molecule has 4 aromatic rings. The minimum atomic E-state index is -0.324. The Balaban J connectivity index is 1.53. The van der Waals surface area contributed by atoms with Crippen molar-refractivity contribution in [2.75, 3.05) is 6.54 Å². The molecule has 0 aliphatic rings. The molecule has 150 valence electrons. The maximum Gasteiger partial charge on any atom is 0.252 e. The van der Waals surface area contributed by atoms with Gasteiger partial charge in [0.1, 0.15) is 5.76 Å². The number of carbonyl (C=O) groups is 2. The highest BCUT2D eigenvalue weighted by atomic mass is 16.3. The molecule has 6 nitrogen and oxygen atoms in total. The van der Waals surface area contributed by atoms with Gasteiger partial charge in [-0.25, -0.2) is 4.98 Å². The molecule has 0 aliphatic carbocycles. The number of furan rings is 1. The second-order valence-corrected chi connectivity index (χ2v) is 6.98. The van der Waals surface area contributed by atoms with Gasteiger partial charge in [0, 0.05) is 10.9 Å². The van der Waals surface area contributed by atoms with Crippen molar-refractivity contribution in [3.63, 3.8) is 0 Å². The molecule has 0 fully saturated rings. The van der Waals surface area contributed by atoms with E-state index in [-0.39, 0.29) is 24.9 Å². The van der Waals surface area contributed by atoms with Crippen LogP contribution in [0.15, 0.2) is 77.4 Å². The SMILES string of the molecule is Cc1ccc(-c2cc(C(=O)NCC(=O)NCc3ccco3)c3ccccc3n2)cc1. The molecular formula is C24H21N3O3. The topological polar surface area (TPSA) is 84.2 Å². The Bertz CT molecular complexity index is 1180. The van der Waals surface area contributed by atoms with E-state index in [4.69, 9.17) is 9.40 Å². The Morgan fingerprint density at radius 1 is 0.967 bits per heavy atom. The number of pyridine rings is 1. The van der Waals surface area contributed by atoms with E-state index >= 15 is 0 Å². The van der Waals surface area contributed by atoms with Crippen LogP contribution in [-0.4, -0.2) is 23.3 Å². The highest BCUT2D eigenvalue weighted by Gasteiger charge is 2.15. The van der Waals surface area contributed by atoms with Crippen LogP contribution in [0.1, 0.15) is 21.7 Å². The summed E-state index contributed by atoms with van der Waals surface area (Å²) in [5.41, 5.74) is 3.99. The quantitative estimate of drug-likeness (QED) is 0.516. The minimum Gasteiger partial charge on any atom is -0.467 e.